The molecular formula is C9H16O2S2. The number of esters is 1. The molecule has 1 rings (SSSR count). The summed E-state index contributed by atoms with van der Waals surface area (Å²) in [4.78, 5) is 10.9. The van der Waals surface area contributed by atoms with E-state index in [0.29, 0.717) is 5.75 Å². The summed E-state index contributed by atoms with van der Waals surface area (Å²) in [6.07, 6.45) is 0.121. The van der Waals surface area contributed by atoms with Gasteiger partial charge in [-0.3, -0.25) is 4.79 Å². The summed E-state index contributed by atoms with van der Waals surface area (Å²) in [6, 6.07) is 0. The summed E-state index contributed by atoms with van der Waals surface area (Å²) in [5.74, 6) is 2.34. The van der Waals surface area contributed by atoms with Crippen LogP contribution in [0.1, 0.15) is 20.8 Å². The Labute approximate surface area is 88.2 Å². The molecular weight excluding hydrogens is 204 g/mol. The molecule has 1 fully saturated rings. The Balaban J connectivity index is 2.25. The van der Waals surface area contributed by atoms with Crippen LogP contribution >= 0.6 is 23.5 Å². The van der Waals surface area contributed by atoms with Crippen molar-refractivity contribution in [3.63, 3.8) is 0 Å². The number of ether oxygens (including phenoxy) is 1. The fourth-order valence-electron chi connectivity index (χ4n) is 0.953. The van der Waals surface area contributed by atoms with E-state index in [0.717, 1.165) is 11.5 Å². The Hall–Kier alpha value is 0.170. The predicted molar refractivity (Wildman–Crippen MR) is 59.4 cm³/mol. The first-order valence-corrected chi connectivity index (χ1v) is 6.52. The van der Waals surface area contributed by atoms with E-state index in [2.05, 4.69) is 20.8 Å². The van der Waals surface area contributed by atoms with Gasteiger partial charge < -0.3 is 4.74 Å². The van der Waals surface area contributed by atoms with Gasteiger partial charge in [0.25, 0.3) is 0 Å². The molecule has 1 atom stereocenters. The van der Waals surface area contributed by atoms with Gasteiger partial charge in [0.05, 0.1) is 5.75 Å². The molecule has 76 valence electrons. The monoisotopic (exact) mass is 220 g/mol. The van der Waals surface area contributed by atoms with E-state index < -0.39 is 0 Å². The topological polar surface area (TPSA) is 26.3 Å². The van der Waals surface area contributed by atoms with Gasteiger partial charge >= 0.3 is 5.97 Å². The van der Waals surface area contributed by atoms with E-state index in [4.69, 9.17) is 4.74 Å². The SMILES string of the molecule is CC(C)(C)SCC1CSCC(=O)O1. The second-order valence-electron chi connectivity index (χ2n) is 4.05. The van der Waals surface area contributed by atoms with Gasteiger partial charge in [-0.1, -0.05) is 20.8 Å². The average Bonchev–Trinajstić information content (AvgIpc) is 2.00. The smallest absolute Gasteiger partial charge is 0.316 e. The molecule has 1 unspecified atom stereocenters. The van der Waals surface area contributed by atoms with Crippen LogP contribution in [-0.4, -0.2) is 34.1 Å². The normalized spacial score (nSPS) is 24.2. The zero-order valence-electron chi connectivity index (χ0n) is 8.33. The molecule has 2 nitrogen and oxygen atoms in total. The van der Waals surface area contributed by atoms with Gasteiger partial charge in [-0.15, -0.1) is 11.8 Å². The molecule has 1 saturated heterocycles. The fourth-order valence-corrected chi connectivity index (χ4v) is 2.78. The van der Waals surface area contributed by atoms with Gasteiger partial charge in [0.2, 0.25) is 0 Å². The highest BCUT2D eigenvalue weighted by Crippen LogP contribution is 2.26. The van der Waals surface area contributed by atoms with Crippen molar-refractivity contribution in [1.29, 1.82) is 0 Å². The average molecular weight is 220 g/mol. The third-order valence-electron chi connectivity index (χ3n) is 1.52. The molecule has 0 aromatic heterocycles. The van der Waals surface area contributed by atoms with Gasteiger partial charge in [-0.2, -0.15) is 11.8 Å². The number of hydrogen-bond donors (Lipinski definition) is 0. The van der Waals surface area contributed by atoms with Crippen LogP contribution in [0.3, 0.4) is 0 Å². The van der Waals surface area contributed by atoms with Crippen molar-refractivity contribution >= 4 is 29.5 Å². The van der Waals surface area contributed by atoms with Crippen LogP contribution in [0.25, 0.3) is 0 Å². The maximum Gasteiger partial charge on any atom is 0.316 e. The molecule has 1 aliphatic rings. The van der Waals surface area contributed by atoms with Crippen LogP contribution in [0, 0.1) is 0 Å². The van der Waals surface area contributed by atoms with Gasteiger partial charge in [0.1, 0.15) is 6.10 Å². The van der Waals surface area contributed by atoms with E-state index in [1.165, 1.54) is 0 Å². The molecule has 0 aromatic rings. The minimum Gasteiger partial charge on any atom is -0.460 e. The molecule has 0 N–H and O–H groups in total. The Morgan fingerprint density at radius 3 is 2.85 bits per heavy atom. The molecule has 1 heterocycles. The fraction of sp³-hybridized carbons (Fsp3) is 0.889. The first-order chi connectivity index (χ1) is 5.97. The van der Waals surface area contributed by atoms with Crippen LogP contribution < -0.4 is 0 Å². The Kier molecular flexibility index (Phi) is 3.98. The van der Waals surface area contributed by atoms with E-state index in [1.54, 1.807) is 11.8 Å². The van der Waals surface area contributed by atoms with Crippen molar-refractivity contribution in [2.75, 3.05) is 17.3 Å². The standard InChI is InChI=1S/C9H16O2S2/c1-9(2,3)13-5-7-4-12-6-8(10)11-7/h7H,4-6H2,1-3H3. The lowest BCUT2D eigenvalue weighted by Crippen LogP contribution is -2.30. The van der Waals surface area contributed by atoms with Crippen molar-refractivity contribution in [3.8, 4) is 0 Å². The maximum absolute atomic E-state index is 10.9. The van der Waals surface area contributed by atoms with E-state index in [9.17, 15) is 4.79 Å². The molecule has 1 aliphatic heterocycles. The molecule has 4 heteroatoms. The zero-order chi connectivity index (χ0) is 9.90. The van der Waals surface area contributed by atoms with Gasteiger partial charge in [0, 0.05) is 16.3 Å². The Morgan fingerprint density at radius 2 is 2.31 bits per heavy atom. The van der Waals surface area contributed by atoms with Crippen LogP contribution in [0.5, 0.6) is 0 Å². The number of hydrogen-bond acceptors (Lipinski definition) is 4. The summed E-state index contributed by atoms with van der Waals surface area (Å²) >= 11 is 3.53. The number of thioether (sulfide) groups is 2. The van der Waals surface area contributed by atoms with Gasteiger partial charge in [-0.05, 0) is 0 Å². The van der Waals surface area contributed by atoms with Crippen molar-refractivity contribution in [2.24, 2.45) is 0 Å². The Morgan fingerprint density at radius 1 is 1.62 bits per heavy atom. The van der Waals surface area contributed by atoms with Crippen LogP contribution in [-0.2, 0) is 9.53 Å². The third-order valence-corrected chi connectivity index (χ3v) is 3.98. The molecule has 0 spiro atoms. The molecule has 0 saturated carbocycles. The zero-order valence-corrected chi connectivity index (χ0v) is 9.96. The van der Waals surface area contributed by atoms with Crippen LogP contribution in [0.4, 0.5) is 0 Å². The number of carbonyl (C=O) groups excluding carboxylic acids is 1. The highest BCUT2D eigenvalue weighted by molar-refractivity contribution is 8.01. The predicted octanol–water partition coefficient (Wildman–Crippen LogP) is 2.18. The molecule has 0 radical (unpaired) electrons. The van der Waals surface area contributed by atoms with Crippen molar-refractivity contribution < 1.29 is 9.53 Å². The highest BCUT2D eigenvalue weighted by atomic mass is 32.2. The molecule has 0 bridgehead atoms. The largest absolute Gasteiger partial charge is 0.460 e. The Bertz CT molecular complexity index is 187. The third kappa shape index (κ3) is 4.81. The highest BCUT2D eigenvalue weighted by Gasteiger charge is 2.22. The number of rotatable bonds is 2. The molecule has 13 heavy (non-hydrogen) atoms. The van der Waals surface area contributed by atoms with Gasteiger partial charge in [0.15, 0.2) is 0 Å². The first-order valence-electron chi connectivity index (χ1n) is 4.38. The summed E-state index contributed by atoms with van der Waals surface area (Å²) < 4.78 is 5.46. The minimum atomic E-state index is -0.0595. The number of cyclic esters (lactones) is 1. The summed E-state index contributed by atoms with van der Waals surface area (Å²) in [6.45, 7) is 6.53. The van der Waals surface area contributed by atoms with Crippen molar-refractivity contribution in [3.05, 3.63) is 0 Å². The maximum atomic E-state index is 10.9. The second kappa shape index (κ2) is 4.60. The van der Waals surface area contributed by atoms with Crippen LogP contribution in [0.15, 0.2) is 0 Å². The van der Waals surface area contributed by atoms with Crippen molar-refractivity contribution in [2.45, 2.75) is 31.6 Å². The lowest BCUT2D eigenvalue weighted by Gasteiger charge is -2.25. The van der Waals surface area contributed by atoms with E-state index in [-0.39, 0.29) is 16.8 Å². The summed E-state index contributed by atoms with van der Waals surface area (Å²) in [7, 11) is 0. The van der Waals surface area contributed by atoms with Gasteiger partial charge in [-0.25, -0.2) is 0 Å². The summed E-state index contributed by atoms with van der Waals surface area (Å²) in [5, 5.41) is 0. The quantitative estimate of drug-likeness (QED) is 0.666. The first kappa shape index (κ1) is 11.2. The van der Waals surface area contributed by atoms with E-state index in [1.807, 2.05) is 11.8 Å². The lowest BCUT2D eigenvalue weighted by molar-refractivity contribution is -0.144. The van der Waals surface area contributed by atoms with E-state index >= 15 is 0 Å². The number of carbonyl (C=O) groups is 1. The molecule has 0 aromatic carbocycles. The summed E-state index contributed by atoms with van der Waals surface area (Å²) in [5.41, 5.74) is 0. The lowest BCUT2D eigenvalue weighted by atomic mass is 10.3. The second-order valence-corrected chi connectivity index (χ2v) is 6.93. The molecule has 0 amide bonds. The minimum absolute atomic E-state index is 0.0595. The molecule has 0 aliphatic carbocycles. The van der Waals surface area contributed by atoms with Crippen molar-refractivity contribution in [1.82, 2.24) is 0 Å². The van der Waals surface area contributed by atoms with Crippen LogP contribution in [0.2, 0.25) is 0 Å².